The number of carbonyl (C=O) groups excluding carboxylic acids is 2. The van der Waals surface area contributed by atoms with Gasteiger partial charge in [0.15, 0.2) is 5.82 Å². The lowest BCUT2D eigenvalue weighted by Crippen LogP contribution is -2.44. The van der Waals surface area contributed by atoms with Crippen LogP contribution in [0.15, 0.2) is 18.2 Å². The van der Waals surface area contributed by atoms with E-state index in [9.17, 15) is 19.1 Å². The summed E-state index contributed by atoms with van der Waals surface area (Å²) in [6, 6.07) is 4.10. The molecule has 1 aromatic carbocycles. The lowest BCUT2D eigenvalue weighted by atomic mass is 10.0. The minimum absolute atomic E-state index is 0.0112. The average molecular weight is 315 g/mol. The summed E-state index contributed by atoms with van der Waals surface area (Å²) in [4.78, 5) is 23.3. The topological polar surface area (TPSA) is 78.4 Å². The van der Waals surface area contributed by atoms with Crippen molar-refractivity contribution >= 4 is 29.1 Å². The van der Waals surface area contributed by atoms with Crippen molar-refractivity contribution in [3.63, 3.8) is 0 Å². The van der Waals surface area contributed by atoms with Crippen molar-refractivity contribution in [1.29, 1.82) is 0 Å². The summed E-state index contributed by atoms with van der Waals surface area (Å²) in [6.07, 6.45) is 2.98. The van der Waals surface area contributed by atoms with Crippen molar-refractivity contribution in [3.05, 3.63) is 29.0 Å². The molecule has 21 heavy (non-hydrogen) atoms. The zero-order valence-corrected chi connectivity index (χ0v) is 12.0. The van der Waals surface area contributed by atoms with E-state index in [2.05, 4.69) is 10.6 Å². The third-order valence-electron chi connectivity index (χ3n) is 3.52. The van der Waals surface area contributed by atoms with Crippen LogP contribution in [0.25, 0.3) is 0 Å². The molecule has 0 atom stereocenters. The van der Waals surface area contributed by atoms with Crippen molar-refractivity contribution in [2.24, 2.45) is 0 Å². The van der Waals surface area contributed by atoms with Gasteiger partial charge in [-0.15, -0.1) is 0 Å². The Labute approximate surface area is 126 Å². The van der Waals surface area contributed by atoms with Crippen LogP contribution in [-0.2, 0) is 9.59 Å². The van der Waals surface area contributed by atoms with Gasteiger partial charge in [-0.3, -0.25) is 9.59 Å². The Bertz CT molecular complexity index is 559. The lowest BCUT2D eigenvalue weighted by molar-refractivity contribution is -0.136. The quantitative estimate of drug-likeness (QED) is 0.745. The zero-order chi connectivity index (χ0) is 15.5. The SMILES string of the molecule is O=C(NCC1(O)CCCC1)C(=O)Nc1cccc(Cl)c1F. The highest BCUT2D eigenvalue weighted by atomic mass is 35.5. The van der Waals surface area contributed by atoms with Gasteiger partial charge >= 0.3 is 11.8 Å². The second-order valence-electron chi connectivity index (χ2n) is 5.17. The first-order valence-corrected chi connectivity index (χ1v) is 7.05. The third-order valence-corrected chi connectivity index (χ3v) is 3.81. The van der Waals surface area contributed by atoms with Crippen LogP contribution >= 0.6 is 11.6 Å². The number of rotatable bonds is 3. The molecule has 0 radical (unpaired) electrons. The molecule has 0 spiro atoms. The molecular weight excluding hydrogens is 299 g/mol. The minimum atomic E-state index is -1.00. The number of anilines is 1. The Kier molecular flexibility index (Phi) is 4.80. The summed E-state index contributed by atoms with van der Waals surface area (Å²) < 4.78 is 13.6. The van der Waals surface area contributed by atoms with Gasteiger partial charge in [-0.1, -0.05) is 30.5 Å². The van der Waals surface area contributed by atoms with Gasteiger partial charge in [0, 0.05) is 6.54 Å². The molecule has 2 amide bonds. The first-order valence-electron chi connectivity index (χ1n) is 6.67. The normalized spacial score (nSPS) is 16.5. The van der Waals surface area contributed by atoms with E-state index in [0.29, 0.717) is 12.8 Å². The van der Waals surface area contributed by atoms with Crippen LogP contribution in [0.4, 0.5) is 10.1 Å². The molecule has 1 fully saturated rings. The van der Waals surface area contributed by atoms with Gasteiger partial charge in [0.1, 0.15) is 0 Å². The summed E-state index contributed by atoms with van der Waals surface area (Å²) in [5, 5.41) is 14.4. The van der Waals surface area contributed by atoms with Gasteiger partial charge in [0.25, 0.3) is 0 Å². The van der Waals surface area contributed by atoms with Crippen LogP contribution < -0.4 is 10.6 Å². The maximum absolute atomic E-state index is 13.6. The Balaban J connectivity index is 1.91. The first-order chi connectivity index (χ1) is 9.91. The van der Waals surface area contributed by atoms with Crippen LogP contribution in [0.2, 0.25) is 5.02 Å². The molecule has 5 nitrogen and oxygen atoms in total. The third kappa shape index (κ3) is 3.92. The summed E-state index contributed by atoms with van der Waals surface area (Å²) in [5.74, 6) is -2.72. The molecule has 114 valence electrons. The van der Waals surface area contributed by atoms with Gasteiger partial charge in [-0.05, 0) is 25.0 Å². The van der Waals surface area contributed by atoms with Crippen LogP contribution in [0, 0.1) is 5.82 Å². The van der Waals surface area contributed by atoms with E-state index in [0.717, 1.165) is 12.8 Å². The Hall–Kier alpha value is -1.66. The van der Waals surface area contributed by atoms with E-state index >= 15 is 0 Å². The first kappa shape index (κ1) is 15.7. The molecule has 0 unspecified atom stereocenters. The van der Waals surface area contributed by atoms with Crippen LogP contribution in [0.1, 0.15) is 25.7 Å². The summed E-state index contributed by atoms with van der Waals surface area (Å²) >= 11 is 5.58. The fourth-order valence-electron chi connectivity index (χ4n) is 2.31. The maximum Gasteiger partial charge on any atom is 0.313 e. The Morgan fingerprint density at radius 1 is 1.29 bits per heavy atom. The molecule has 0 aliphatic heterocycles. The van der Waals surface area contributed by atoms with Crippen LogP contribution in [0.3, 0.4) is 0 Å². The van der Waals surface area contributed by atoms with Gasteiger partial charge in [0.05, 0.1) is 16.3 Å². The predicted octanol–water partition coefficient (Wildman–Crippen LogP) is 1.84. The summed E-state index contributed by atoms with van der Waals surface area (Å²) in [6.45, 7) is 0.0112. The molecule has 2 rings (SSSR count). The van der Waals surface area contributed by atoms with Gasteiger partial charge in [0.2, 0.25) is 0 Å². The van der Waals surface area contributed by atoms with Crippen LogP contribution in [0.5, 0.6) is 0 Å². The molecule has 3 N–H and O–H groups in total. The summed E-state index contributed by atoms with van der Waals surface area (Å²) in [5.41, 5.74) is -1.11. The molecule has 1 aliphatic carbocycles. The lowest BCUT2D eigenvalue weighted by Gasteiger charge is -2.22. The highest BCUT2D eigenvalue weighted by Crippen LogP contribution is 2.28. The molecule has 1 aliphatic rings. The molecular formula is C14H16ClFN2O3. The Morgan fingerprint density at radius 2 is 1.95 bits per heavy atom. The molecule has 0 aromatic heterocycles. The highest BCUT2D eigenvalue weighted by molar-refractivity contribution is 6.39. The van der Waals surface area contributed by atoms with Gasteiger partial charge in [-0.25, -0.2) is 4.39 Å². The van der Waals surface area contributed by atoms with E-state index < -0.39 is 23.2 Å². The number of halogens is 2. The average Bonchev–Trinajstić information content (AvgIpc) is 2.88. The van der Waals surface area contributed by atoms with E-state index in [1.54, 1.807) is 0 Å². The molecule has 7 heteroatoms. The van der Waals surface area contributed by atoms with Crippen molar-refractivity contribution in [2.45, 2.75) is 31.3 Å². The molecule has 0 saturated heterocycles. The monoisotopic (exact) mass is 314 g/mol. The zero-order valence-electron chi connectivity index (χ0n) is 11.3. The van der Waals surface area contributed by atoms with E-state index in [1.807, 2.05) is 0 Å². The number of amides is 2. The molecule has 0 heterocycles. The van der Waals surface area contributed by atoms with E-state index in [-0.39, 0.29) is 17.3 Å². The van der Waals surface area contributed by atoms with Gasteiger partial charge < -0.3 is 15.7 Å². The summed E-state index contributed by atoms with van der Waals surface area (Å²) in [7, 11) is 0. The fourth-order valence-corrected chi connectivity index (χ4v) is 2.49. The largest absolute Gasteiger partial charge is 0.388 e. The molecule has 1 saturated carbocycles. The van der Waals surface area contributed by atoms with Crippen molar-refractivity contribution in [1.82, 2.24) is 5.32 Å². The second-order valence-corrected chi connectivity index (χ2v) is 5.58. The van der Waals surface area contributed by atoms with Crippen molar-refractivity contribution in [2.75, 3.05) is 11.9 Å². The Morgan fingerprint density at radius 3 is 2.62 bits per heavy atom. The fraction of sp³-hybridized carbons (Fsp3) is 0.429. The second kappa shape index (κ2) is 6.41. The predicted molar refractivity (Wildman–Crippen MR) is 76.5 cm³/mol. The number of aliphatic hydroxyl groups is 1. The number of carbonyl (C=O) groups is 2. The number of benzene rings is 1. The van der Waals surface area contributed by atoms with Crippen molar-refractivity contribution < 1.29 is 19.1 Å². The number of nitrogens with one attached hydrogen (secondary N) is 2. The minimum Gasteiger partial charge on any atom is -0.388 e. The number of hydrogen-bond acceptors (Lipinski definition) is 3. The standard InChI is InChI=1S/C14H16ClFN2O3/c15-9-4-3-5-10(11(9)16)18-13(20)12(19)17-8-14(21)6-1-2-7-14/h3-5,21H,1-2,6-8H2,(H,17,19)(H,18,20). The molecule has 0 bridgehead atoms. The number of hydrogen-bond donors (Lipinski definition) is 3. The van der Waals surface area contributed by atoms with Gasteiger partial charge in [-0.2, -0.15) is 0 Å². The smallest absolute Gasteiger partial charge is 0.313 e. The van der Waals surface area contributed by atoms with E-state index in [4.69, 9.17) is 11.6 Å². The highest BCUT2D eigenvalue weighted by Gasteiger charge is 2.32. The van der Waals surface area contributed by atoms with E-state index in [1.165, 1.54) is 18.2 Å². The van der Waals surface area contributed by atoms with Crippen molar-refractivity contribution in [3.8, 4) is 0 Å². The maximum atomic E-state index is 13.6. The van der Waals surface area contributed by atoms with Crippen LogP contribution in [-0.4, -0.2) is 29.1 Å². The molecule has 1 aromatic rings.